The molecule has 68 valence electrons. The van der Waals surface area contributed by atoms with Crippen molar-refractivity contribution in [2.45, 2.75) is 0 Å². The third-order valence-electron chi connectivity index (χ3n) is 1.32. The van der Waals surface area contributed by atoms with Gasteiger partial charge in [0.15, 0.2) is 0 Å². The first-order valence-electron chi connectivity index (χ1n) is 3.40. The van der Waals surface area contributed by atoms with E-state index in [2.05, 4.69) is 0 Å². The molecule has 1 aromatic rings. The van der Waals surface area contributed by atoms with Crippen LogP contribution in [0.5, 0.6) is 0 Å². The zero-order valence-electron chi connectivity index (χ0n) is 6.45. The minimum absolute atomic E-state index is 0.144. The van der Waals surface area contributed by atoms with Crippen LogP contribution in [0.25, 0.3) is 0 Å². The van der Waals surface area contributed by atoms with Gasteiger partial charge in [0.05, 0.1) is 5.69 Å². The van der Waals surface area contributed by atoms with E-state index in [-0.39, 0.29) is 5.69 Å². The smallest absolute Gasteiger partial charge is 0.394 e. The predicted octanol–water partition coefficient (Wildman–Crippen LogP) is 0.849. The van der Waals surface area contributed by atoms with Crippen LogP contribution in [0.3, 0.4) is 0 Å². The largest absolute Gasteiger partial charge is 0.474 e. The molecule has 5 heteroatoms. The molecule has 0 aliphatic rings. The van der Waals surface area contributed by atoms with Crippen LogP contribution in [0.4, 0.5) is 10.1 Å². The van der Waals surface area contributed by atoms with Gasteiger partial charge in [0.1, 0.15) is 5.82 Å². The maximum Gasteiger partial charge on any atom is 0.394 e. The summed E-state index contributed by atoms with van der Waals surface area (Å²) in [5, 5.41) is 10.1. The molecule has 0 bridgehead atoms. The van der Waals surface area contributed by atoms with E-state index in [1.165, 1.54) is 18.2 Å². The summed E-state index contributed by atoms with van der Waals surface area (Å²) in [5.41, 5.74) is -0.144. The molecule has 4 nitrogen and oxygen atoms in total. The summed E-state index contributed by atoms with van der Waals surface area (Å²) in [6.45, 7) is 0. The number of hydrogen-bond acceptors (Lipinski definition) is 2. The number of hydrogen-bond donors (Lipinski definition) is 2. The van der Waals surface area contributed by atoms with Gasteiger partial charge in [-0.2, -0.15) is 0 Å². The molecular weight excluding hydrogens is 177 g/mol. The molecule has 0 fully saturated rings. The number of carboxylic acids is 1. The van der Waals surface area contributed by atoms with Gasteiger partial charge in [-0.3, -0.25) is 4.79 Å². The van der Waals surface area contributed by atoms with Crippen molar-refractivity contribution in [1.82, 2.24) is 0 Å². The van der Waals surface area contributed by atoms with Crippen molar-refractivity contribution in [2.24, 2.45) is 0 Å². The van der Waals surface area contributed by atoms with Gasteiger partial charge in [0.2, 0.25) is 0 Å². The van der Waals surface area contributed by atoms with Gasteiger partial charge >= 0.3 is 11.9 Å². The number of halogens is 1. The summed E-state index contributed by atoms with van der Waals surface area (Å²) in [6.07, 6.45) is 0. The number of benzene rings is 1. The van der Waals surface area contributed by atoms with E-state index in [1.54, 1.807) is 0 Å². The van der Waals surface area contributed by atoms with Crippen molar-refractivity contribution < 1.29 is 19.1 Å². The van der Waals surface area contributed by atoms with Gasteiger partial charge in [0, 0.05) is 0 Å². The third-order valence-corrected chi connectivity index (χ3v) is 1.32. The first-order valence-corrected chi connectivity index (χ1v) is 3.40. The molecule has 0 aliphatic carbocycles. The molecule has 0 radical (unpaired) electrons. The minimum atomic E-state index is -1.65. The number of nitrogens with one attached hydrogen (secondary N) is 1. The van der Waals surface area contributed by atoms with Crippen molar-refractivity contribution in [2.75, 3.05) is 5.32 Å². The summed E-state index contributed by atoms with van der Waals surface area (Å²) >= 11 is 0. The van der Waals surface area contributed by atoms with E-state index in [9.17, 15) is 14.0 Å². The summed E-state index contributed by atoms with van der Waals surface area (Å²) in [6, 6.07) is 5.32. The summed E-state index contributed by atoms with van der Waals surface area (Å²) in [4.78, 5) is 20.7. The van der Waals surface area contributed by atoms with Crippen molar-refractivity contribution in [1.29, 1.82) is 0 Å². The van der Waals surface area contributed by atoms with Crippen LogP contribution < -0.4 is 5.32 Å². The first-order chi connectivity index (χ1) is 6.11. The van der Waals surface area contributed by atoms with E-state index in [0.717, 1.165) is 6.07 Å². The Morgan fingerprint density at radius 3 is 2.46 bits per heavy atom. The predicted molar refractivity (Wildman–Crippen MR) is 42.7 cm³/mol. The Morgan fingerprint density at radius 1 is 1.31 bits per heavy atom. The maximum absolute atomic E-state index is 12.8. The molecule has 13 heavy (non-hydrogen) atoms. The highest BCUT2D eigenvalue weighted by atomic mass is 19.1. The van der Waals surface area contributed by atoms with Gasteiger partial charge in [-0.15, -0.1) is 0 Å². The number of anilines is 1. The fourth-order valence-electron chi connectivity index (χ4n) is 0.738. The molecule has 0 saturated heterocycles. The number of aliphatic carboxylic acids is 1. The first kappa shape index (κ1) is 9.18. The standard InChI is InChI=1S/C8H6FNO3/c9-5-3-1-2-4-6(5)10-7(11)8(12)13/h1-4H,(H,10,11)(H,12,13). The quantitative estimate of drug-likeness (QED) is 0.634. The van der Waals surface area contributed by atoms with E-state index < -0.39 is 17.7 Å². The van der Waals surface area contributed by atoms with Gasteiger partial charge in [0.25, 0.3) is 0 Å². The molecule has 0 saturated carbocycles. The van der Waals surface area contributed by atoms with Crippen molar-refractivity contribution in [3.63, 3.8) is 0 Å². The highest BCUT2D eigenvalue weighted by molar-refractivity contribution is 6.36. The van der Waals surface area contributed by atoms with E-state index in [0.29, 0.717) is 0 Å². The molecule has 1 aromatic carbocycles. The Balaban J connectivity index is 2.81. The molecule has 2 N–H and O–H groups in total. The van der Waals surface area contributed by atoms with Crippen LogP contribution in [-0.4, -0.2) is 17.0 Å². The van der Waals surface area contributed by atoms with Crippen LogP contribution in [-0.2, 0) is 9.59 Å². The Morgan fingerprint density at radius 2 is 1.92 bits per heavy atom. The molecule has 0 atom stereocenters. The lowest BCUT2D eigenvalue weighted by Gasteiger charge is -2.01. The molecule has 0 aromatic heterocycles. The van der Waals surface area contributed by atoms with E-state index >= 15 is 0 Å². The number of carboxylic acid groups (broad SMARTS) is 1. The van der Waals surface area contributed by atoms with Crippen molar-refractivity contribution >= 4 is 17.6 Å². The minimum Gasteiger partial charge on any atom is -0.474 e. The lowest BCUT2D eigenvalue weighted by molar-refractivity contribution is -0.147. The molecule has 0 aliphatic heterocycles. The van der Waals surface area contributed by atoms with Crippen molar-refractivity contribution in [3.05, 3.63) is 30.1 Å². The Hall–Kier alpha value is -1.91. The molecule has 0 heterocycles. The maximum atomic E-state index is 12.8. The Kier molecular flexibility index (Phi) is 2.59. The molecule has 0 spiro atoms. The topological polar surface area (TPSA) is 66.4 Å². The molecular formula is C8H6FNO3. The summed E-state index contributed by atoms with van der Waals surface area (Å²) < 4.78 is 12.8. The van der Waals surface area contributed by atoms with Gasteiger partial charge in [-0.1, -0.05) is 12.1 Å². The van der Waals surface area contributed by atoms with Gasteiger partial charge in [-0.25, -0.2) is 9.18 Å². The fraction of sp³-hybridized carbons (Fsp3) is 0. The average molecular weight is 183 g/mol. The number of rotatable bonds is 1. The number of carbonyl (C=O) groups excluding carboxylic acids is 1. The Labute approximate surface area is 73.0 Å². The van der Waals surface area contributed by atoms with Crippen molar-refractivity contribution in [3.8, 4) is 0 Å². The highest BCUT2D eigenvalue weighted by Gasteiger charge is 2.12. The fourth-order valence-corrected chi connectivity index (χ4v) is 0.738. The van der Waals surface area contributed by atoms with E-state index in [4.69, 9.17) is 5.11 Å². The number of carbonyl (C=O) groups is 2. The van der Waals surface area contributed by atoms with Crippen LogP contribution in [0.15, 0.2) is 24.3 Å². The zero-order chi connectivity index (χ0) is 9.84. The normalized spacial score (nSPS) is 9.31. The van der Waals surface area contributed by atoms with Gasteiger partial charge < -0.3 is 10.4 Å². The zero-order valence-corrected chi connectivity index (χ0v) is 6.45. The van der Waals surface area contributed by atoms with Crippen LogP contribution >= 0.6 is 0 Å². The van der Waals surface area contributed by atoms with Gasteiger partial charge in [-0.05, 0) is 12.1 Å². The summed E-state index contributed by atoms with van der Waals surface area (Å²) in [5.74, 6) is -3.58. The average Bonchev–Trinajstić information content (AvgIpc) is 2.08. The lowest BCUT2D eigenvalue weighted by Crippen LogP contribution is -2.22. The SMILES string of the molecule is O=C(O)C(=O)Nc1ccccc1F. The monoisotopic (exact) mass is 183 g/mol. The Bertz CT molecular complexity index is 351. The molecule has 1 amide bonds. The van der Waals surface area contributed by atoms with E-state index in [1.807, 2.05) is 5.32 Å². The molecule has 0 unspecified atom stereocenters. The second-order valence-corrected chi connectivity index (χ2v) is 2.24. The van der Waals surface area contributed by atoms with Crippen LogP contribution in [0.2, 0.25) is 0 Å². The summed E-state index contributed by atoms with van der Waals surface area (Å²) in [7, 11) is 0. The van der Waals surface area contributed by atoms with Crippen LogP contribution in [0.1, 0.15) is 0 Å². The second-order valence-electron chi connectivity index (χ2n) is 2.24. The molecule has 1 rings (SSSR count). The highest BCUT2D eigenvalue weighted by Crippen LogP contribution is 2.11. The number of para-hydroxylation sites is 1. The third kappa shape index (κ3) is 2.26. The second kappa shape index (κ2) is 3.66. The van der Waals surface area contributed by atoms with Crippen LogP contribution in [0, 0.1) is 5.82 Å². The number of amides is 1. The lowest BCUT2D eigenvalue weighted by atomic mass is 10.3.